The van der Waals surface area contributed by atoms with E-state index in [4.69, 9.17) is 4.74 Å². The standard InChI is InChI=1S/C10H19NO/c1-9(2)12-10-3-6-11(7-4-10)8-5-10/h9H,3-8H2,1-2H3. The van der Waals surface area contributed by atoms with Crippen LogP contribution in [0.2, 0.25) is 0 Å². The molecule has 0 unspecified atom stereocenters. The molecule has 3 saturated heterocycles. The molecule has 70 valence electrons. The lowest BCUT2D eigenvalue weighted by Crippen LogP contribution is -2.54. The van der Waals surface area contributed by atoms with Crippen LogP contribution in [-0.4, -0.2) is 36.2 Å². The first kappa shape index (κ1) is 8.52. The van der Waals surface area contributed by atoms with Gasteiger partial charge in [-0.1, -0.05) is 0 Å². The maximum atomic E-state index is 6.04. The van der Waals surface area contributed by atoms with Crippen LogP contribution in [0.1, 0.15) is 33.1 Å². The van der Waals surface area contributed by atoms with Crippen molar-refractivity contribution in [3.8, 4) is 0 Å². The molecule has 0 amide bonds. The van der Waals surface area contributed by atoms with Crippen LogP contribution < -0.4 is 0 Å². The molecule has 0 saturated carbocycles. The fraction of sp³-hybridized carbons (Fsp3) is 1.00. The van der Waals surface area contributed by atoms with Gasteiger partial charge in [-0.25, -0.2) is 0 Å². The van der Waals surface area contributed by atoms with Gasteiger partial charge in [-0.3, -0.25) is 0 Å². The van der Waals surface area contributed by atoms with Crippen molar-refractivity contribution in [1.82, 2.24) is 4.90 Å². The van der Waals surface area contributed by atoms with Crippen LogP contribution in [0, 0.1) is 0 Å². The van der Waals surface area contributed by atoms with E-state index >= 15 is 0 Å². The van der Waals surface area contributed by atoms with Crippen molar-refractivity contribution in [2.45, 2.75) is 44.8 Å². The molecule has 2 heteroatoms. The maximum absolute atomic E-state index is 6.04. The molecule has 0 N–H and O–H groups in total. The molecule has 0 radical (unpaired) electrons. The highest BCUT2D eigenvalue weighted by atomic mass is 16.5. The SMILES string of the molecule is CC(C)OC12CCN(CC1)CC2. The molecule has 2 bridgehead atoms. The van der Waals surface area contributed by atoms with E-state index in [0.29, 0.717) is 6.10 Å². The van der Waals surface area contributed by atoms with Gasteiger partial charge >= 0.3 is 0 Å². The fourth-order valence-corrected chi connectivity index (χ4v) is 2.47. The van der Waals surface area contributed by atoms with Crippen molar-refractivity contribution in [2.75, 3.05) is 19.6 Å². The zero-order valence-electron chi connectivity index (χ0n) is 8.18. The number of hydrogen-bond donors (Lipinski definition) is 0. The van der Waals surface area contributed by atoms with Gasteiger partial charge in [0, 0.05) is 19.6 Å². The third kappa shape index (κ3) is 1.50. The van der Waals surface area contributed by atoms with Crippen LogP contribution in [0.4, 0.5) is 0 Å². The Morgan fingerprint density at radius 2 is 1.58 bits per heavy atom. The molecule has 3 heterocycles. The van der Waals surface area contributed by atoms with E-state index < -0.39 is 0 Å². The highest BCUT2D eigenvalue weighted by molar-refractivity contribution is 4.94. The predicted octanol–water partition coefficient (Wildman–Crippen LogP) is 1.65. The van der Waals surface area contributed by atoms with E-state index in [1.165, 1.54) is 38.9 Å². The molecule has 3 rings (SSSR count). The average molecular weight is 169 g/mol. The smallest absolute Gasteiger partial charge is 0.0722 e. The van der Waals surface area contributed by atoms with Gasteiger partial charge in [0.25, 0.3) is 0 Å². The van der Waals surface area contributed by atoms with Crippen molar-refractivity contribution < 1.29 is 4.74 Å². The minimum Gasteiger partial charge on any atom is -0.372 e. The zero-order valence-corrected chi connectivity index (χ0v) is 8.18. The lowest BCUT2D eigenvalue weighted by Gasteiger charge is -2.48. The normalized spacial score (nSPS) is 40.8. The van der Waals surface area contributed by atoms with Gasteiger partial charge in [-0.05, 0) is 33.1 Å². The second-order valence-electron chi connectivity index (χ2n) is 4.44. The third-order valence-electron chi connectivity index (χ3n) is 3.14. The van der Waals surface area contributed by atoms with Crippen LogP contribution >= 0.6 is 0 Å². The topological polar surface area (TPSA) is 12.5 Å². The van der Waals surface area contributed by atoms with Gasteiger partial charge in [0.15, 0.2) is 0 Å². The van der Waals surface area contributed by atoms with Gasteiger partial charge in [0.2, 0.25) is 0 Å². The molecule has 3 fully saturated rings. The van der Waals surface area contributed by atoms with Crippen LogP contribution in [0.25, 0.3) is 0 Å². The Morgan fingerprint density at radius 3 is 2.00 bits per heavy atom. The molecular weight excluding hydrogens is 150 g/mol. The monoisotopic (exact) mass is 169 g/mol. The average Bonchev–Trinajstić information content (AvgIpc) is 2.05. The van der Waals surface area contributed by atoms with Gasteiger partial charge in [-0.15, -0.1) is 0 Å². The Hall–Kier alpha value is -0.0800. The molecule has 3 aliphatic heterocycles. The molecule has 0 aliphatic carbocycles. The molecule has 2 nitrogen and oxygen atoms in total. The predicted molar refractivity (Wildman–Crippen MR) is 49.2 cm³/mol. The molecule has 0 atom stereocenters. The van der Waals surface area contributed by atoms with Gasteiger partial charge in [0.05, 0.1) is 11.7 Å². The summed E-state index contributed by atoms with van der Waals surface area (Å²) in [5.74, 6) is 0. The Balaban J connectivity index is 1.99. The molecular formula is C10H19NO. The quantitative estimate of drug-likeness (QED) is 0.623. The van der Waals surface area contributed by atoms with Crippen LogP contribution in [-0.2, 0) is 4.74 Å². The van der Waals surface area contributed by atoms with Gasteiger partial charge in [0.1, 0.15) is 0 Å². The lowest BCUT2D eigenvalue weighted by molar-refractivity contribution is -0.143. The maximum Gasteiger partial charge on any atom is 0.0722 e. The zero-order chi connectivity index (χ0) is 8.60. The van der Waals surface area contributed by atoms with Crippen molar-refractivity contribution in [3.63, 3.8) is 0 Å². The van der Waals surface area contributed by atoms with Crippen molar-refractivity contribution in [3.05, 3.63) is 0 Å². The van der Waals surface area contributed by atoms with Crippen LogP contribution in [0.3, 0.4) is 0 Å². The number of ether oxygens (including phenoxy) is 1. The second-order valence-corrected chi connectivity index (χ2v) is 4.44. The van der Waals surface area contributed by atoms with E-state index in [1.54, 1.807) is 0 Å². The van der Waals surface area contributed by atoms with E-state index in [9.17, 15) is 0 Å². The summed E-state index contributed by atoms with van der Waals surface area (Å²) in [6.45, 7) is 8.07. The third-order valence-corrected chi connectivity index (χ3v) is 3.14. The number of fused-ring (bicyclic) bond motifs is 3. The van der Waals surface area contributed by atoms with Gasteiger partial charge in [-0.2, -0.15) is 0 Å². The first-order valence-electron chi connectivity index (χ1n) is 5.10. The molecule has 3 aliphatic rings. The molecule has 0 spiro atoms. The first-order chi connectivity index (χ1) is 5.70. The lowest BCUT2D eigenvalue weighted by atomic mass is 9.83. The summed E-state index contributed by atoms with van der Waals surface area (Å²) in [6, 6.07) is 0. The summed E-state index contributed by atoms with van der Waals surface area (Å²) in [4.78, 5) is 2.55. The summed E-state index contributed by atoms with van der Waals surface area (Å²) >= 11 is 0. The van der Waals surface area contributed by atoms with E-state index in [-0.39, 0.29) is 5.60 Å². The second kappa shape index (κ2) is 3.00. The van der Waals surface area contributed by atoms with Crippen molar-refractivity contribution >= 4 is 0 Å². The summed E-state index contributed by atoms with van der Waals surface area (Å²) in [7, 11) is 0. The van der Waals surface area contributed by atoms with E-state index in [1.807, 2.05) is 0 Å². The number of nitrogens with zero attached hydrogens (tertiary/aromatic N) is 1. The Labute approximate surface area is 74.9 Å². The number of hydrogen-bond acceptors (Lipinski definition) is 2. The summed E-state index contributed by atoms with van der Waals surface area (Å²) in [5.41, 5.74) is 0.267. The molecule has 12 heavy (non-hydrogen) atoms. The van der Waals surface area contributed by atoms with Gasteiger partial charge < -0.3 is 9.64 Å². The van der Waals surface area contributed by atoms with Crippen molar-refractivity contribution in [1.29, 1.82) is 0 Å². The highest BCUT2D eigenvalue weighted by Gasteiger charge is 2.40. The first-order valence-corrected chi connectivity index (χ1v) is 5.10. The van der Waals surface area contributed by atoms with Crippen molar-refractivity contribution in [2.24, 2.45) is 0 Å². The molecule has 0 aromatic carbocycles. The van der Waals surface area contributed by atoms with Crippen LogP contribution in [0.5, 0.6) is 0 Å². The summed E-state index contributed by atoms with van der Waals surface area (Å²) in [5, 5.41) is 0. The minimum absolute atomic E-state index is 0.267. The summed E-state index contributed by atoms with van der Waals surface area (Å²) in [6.07, 6.45) is 4.16. The highest BCUT2D eigenvalue weighted by Crippen LogP contribution is 2.35. The minimum atomic E-state index is 0.267. The van der Waals surface area contributed by atoms with E-state index in [0.717, 1.165) is 0 Å². The van der Waals surface area contributed by atoms with E-state index in [2.05, 4.69) is 18.7 Å². The largest absolute Gasteiger partial charge is 0.372 e. The Bertz CT molecular complexity index is 145. The summed E-state index contributed by atoms with van der Waals surface area (Å²) < 4.78 is 6.04. The fourth-order valence-electron chi connectivity index (χ4n) is 2.47. The number of piperidine rings is 3. The Kier molecular flexibility index (Phi) is 2.13. The number of rotatable bonds is 2. The molecule has 0 aromatic rings. The Morgan fingerprint density at radius 1 is 1.08 bits per heavy atom. The van der Waals surface area contributed by atoms with Crippen LogP contribution in [0.15, 0.2) is 0 Å². The molecule has 0 aromatic heterocycles.